The van der Waals surface area contributed by atoms with Gasteiger partial charge < -0.3 is 34.6 Å². The highest BCUT2D eigenvalue weighted by Gasteiger charge is 2.62. The number of morpholine rings is 1. The Morgan fingerprint density at radius 2 is 1.79 bits per heavy atom. The Morgan fingerprint density at radius 1 is 1.02 bits per heavy atom. The summed E-state index contributed by atoms with van der Waals surface area (Å²) in [5.41, 5.74) is 0.740. The van der Waals surface area contributed by atoms with E-state index in [9.17, 15) is 32.4 Å². The number of alkyl carbamates (subject to hydrolysis) is 1. The molecular weight excluding hydrogens is 745 g/mol. The summed E-state index contributed by atoms with van der Waals surface area (Å²) in [5.74, 6) is -2.49. The summed E-state index contributed by atoms with van der Waals surface area (Å²) in [7, 11) is -3.91. The Labute approximate surface area is 328 Å². The van der Waals surface area contributed by atoms with Crippen molar-refractivity contribution in [2.45, 2.75) is 126 Å². The van der Waals surface area contributed by atoms with Crippen molar-refractivity contribution in [3.63, 3.8) is 0 Å². The molecule has 0 spiro atoms. The van der Waals surface area contributed by atoms with Crippen LogP contribution in [0.15, 0.2) is 30.4 Å². The van der Waals surface area contributed by atoms with Crippen molar-refractivity contribution >= 4 is 45.6 Å². The molecule has 56 heavy (non-hydrogen) atoms. The predicted molar refractivity (Wildman–Crippen MR) is 204 cm³/mol. The van der Waals surface area contributed by atoms with Crippen molar-refractivity contribution in [2.24, 2.45) is 5.92 Å². The zero-order valence-electron chi connectivity index (χ0n) is 32.4. The number of fused-ring (bicyclic) bond motifs is 3. The third-order valence-corrected chi connectivity index (χ3v) is 13.2. The predicted octanol–water partition coefficient (Wildman–Crippen LogP) is 2.84. The highest BCUT2D eigenvalue weighted by molar-refractivity contribution is 7.91. The summed E-state index contributed by atoms with van der Waals surface area (Å²) in [6.45, 7) is 8.42. The lowest BCUT2D eigenvalue weighted by Gasteiger charge is -2.30. The van der Waals surface area contributed by atoms with E-state index in [1.807, 2.05) is 30.4 Å². The third kappa shape index (κ3) is 8.93. The van der Waals surface area contributed by atoms with Crippen LogP contribution in [0.4, 0.5) is 15.3 Å². The van der Waals surface area contributed by atoms with Crippen molar-refractivity contribution in [1.29, 1.82) is 0 Å². The molecule has 306 valence electrons. The monoisotopic (exact) mass is 798 g/mol. The molecule has 1 aromatic rings. The van der Waals surface area contributed by atoms with Crippen LogP contribution in [-0.2, 0) is 51.7 Å². The molecule has 0 bridgehead atoms. The van der Waals surface area contributed by atoms with Gasteiger partial charge in [-0.15, -0.1) is 0 Å². The molecule has 2 saturated carbocycles. The van der Waals surface area contributed by atoms with E-state index in [4.69, 9.17) is 14.2 Å². The lowest BCUT2D eigenvalue weighted by atomic mass is 10.0. The van der Waals surface area contributed by atoms with Gasteiger partial charge in [0.2, 0.25) is 21.8 Å². The number of ether oxygens (including phenoxy) is 3. The number of allylic oxidation sites excluding steroid dienone is 1. The van der Waals surface area contributed by atoms with Gasteiger partial charge >= 0.3 is 12.2 Å². The molecule has 5 amide bonds. The summed E-state index contributed by atoms with van der Waals surface area (Å²) in [4.78, 5) is 74.4. The van der Waals surface area contributed by atoms with E-state index >= 15 is 0 Å². The first-order valence-electron chi connectivity index (χ1n) is 19.9. The van der Waals surface area contributed by atoms with E-state index in [-0.39, 0.29) is 25.8 Å². The van der Waals surface area contributed by atoms with E-state index in [2.05, 4.69) is 20.3 Å². The number of benzene rings is 1. The lowest BCUT2D eigenvalue weighted by Crippen LogP contribution is -2.58. The molecule has 2 aliphatic carbocycles. The number of carbonyl (C=O) groups is 5. The highest BCUT2D eigenvalue weighted by atomic mass is 32.2. The Hall–Kier alpha value is -4.38. The average molecular weight is 799 g/mol. The summed E-state index contributed by atoms with van der Waals surface area (Å²) >= 11 is 0. The van der Waals surface area contributed by atoms with Crippen LogP contribution in [0.2, 0.25) is 0 Å². The molecule has 0 aromatic heterocycles. The minimum atomic E-state index is -3.91. The number of sulfonamides is 1. The average Bonchev–Trinajstić information content (AvgIpc) is 4.03. The zero-order valence-corrected chi connectivity index (χ0v) is 33.2. The van der Waals surface area contributed by atoms with Crippen LogP contribution >= 0.6 is 0 Å². The maximum atomic E-state index is 14.5. The van der Waals surface area contributed by atoms with Crippen LogP contribution < -0.4 is 20.3 Å². The topological polar surface area (TPSA) is 193 Å². The molecule has 3 N–H and O–H groups in total. The minimum absolute atomic E-state index is 0.0686. The molecule has 0 radical (unpaired) electrons. The van der Waals surface area contributed by atoms with Crippen molar-refractivity contribution in [1.82, 2.24) is 25.2 Å². The first-order chi connectivity index (χ1) is 26.6. The van der Waals surface area contributed by atoms with Crippen LogP contribution in [0.25, 0.3) is 0 Å². The fourth-order valence-electron chi connectivity index (χ4n) is 8.15. The van der Waals surface area contributed by atoms with Crippen LogP contribution in [0.5, 0.6) is 0 Å². The number of carbonyl (C=O) groups excluding carboxylic acids is 5. The summed E-state index contributed by atoms with van der Waals surface area (Å²) in [6.07, 6.45) is 5.63. The molecule has 7 rings (SSSR count). The Bertz CT molecular complexity index is 1860. The molecule has 4 heterocycles. The van der Waals surface area contributed by atoms with E-state index in [0.717, 1.165) is 42.7 Å². The zero-order chi connectivity index (χ0) is 39.8. The number of rotatable bonds is 6. The fourth-order valence-corrected chi connectivity index (χ4v) is 9.51. The van der Waals surface area contributed by atoms with Crippen LogP contribution in [0.3, 0.4) is 0 Å². The number of amides is 5. The van der Waals surface area contributed by atoms with Crippen molar-refractivity contribution in [3.05, 3.63) is 41.5 Å². The van der Waals surface area contributed by atoms with Gasteiger partial charge in [-0.2, -0.15) is 0 Å². The van der Waals surface area contributed by atoms with Gasteiger partial charge in [0.1, 0.15) is 29.3 Å². The number of hydrogen-bond donors (Lipinski definition) is 3. The summed E-state index contributed by atoms with van der Waals surface area (Å²) in [6, 6.07) is 3.77. The maximum absolute atomic E-state index is 14.5. The standard InChI is InChI=1S/C39H54N6O10S/c1-38(2,3)55-36(49)40-30-12-8-6-4-5-7-11-26-21-39(26,35(48)42-56(51,52)28-14-15-28)41-33(46)32-20-27(23-45(32)34(30)47)54-37(50)44-22-25-10-9-13-31(29(25)24-44)43-16-18-53-19-17-43/h7,9-11,13,26-28,30,32H,4-6,8,12,14-24H2,1-3H3,(H,40,49)(H,41,46)(H,42,48)/b11-7-/t26-,27-,30+,32+,39-/m1/s1. The van der Waals surface area contributed by atoms with Gasteiger partial charge in [-0.1, -0.05) is 37.1 Å². The van der Waals surface area contributed by atoms with E-state index < -0.39 is 80.4 Å². The van der Waals surface area contributed by atoms with Gasteiger partial charge in [-0.05, 0) is 76.5 Å². The molecule has 16 nitrogen and oxygen atoms in total. The normalized spacial score (nSPS) is 29.1. The molecular formula is C39H54N6O10S. The second-order valence-electron chi connectivity index (χ2n) is 16.8. The van der Waals surface area contributed by atoms with Gasteiger partial charge in [-0.25, -0.2) is 18.0 Å². The van der Waals surface area contributed by atoms with Crippen molar-refractivity contribution in [3.8, 4) is 0 Å². The highest BCUT2D eigenvalue weighted by Crippen LogP contribution is 2.46. The number of anilines is 1. The molecule has 6 aliphatic rings. The van der Waals surface area contributed by atoms with Gasteiger partial charge in [0, 0.05) is 37.7 Å². The maximum Gasteiger partial charge on any atom is 0.410 e. The molecule has 1 aromatic carbocycles. The number of hydrogen-bond acceptors (Lipinski definition) is 11. The molecule has 4 fully saturated rings. The van der Waals surface area contributed by atoms with Gasteiger partial charge in [-0.3, -0.25) is 24.0 Å². The Kier molecular flexibility index (Phi) is 11.3. The molecule has 2 saturated heterocycles. The largest absolute Gasteiger partial charge is 0.444 e. The van der Waals surface area contributed by atoms with Crippen LogP contribution in [0.1, 0.15) is 89.7 Å². The van der Waals surface area contributed by atoms with E-state index in [1.54, 1.807) is 25.7 Å². The third-order valence-electron chi connectivity index (χ3n) is 11.4. The quantitative estimate of drug-likeness (QED) is 0.359. The summed E-state index contributed by atoms with van der Waals surface area (Å²) < 4.78 is 44.9. The number of nitrogens with one attached hydrogen (secondary N) is 3. The van der Waals surface area contributed by atoms with Gasteiger partial charge in [0.15, 0.2) is 0 Å². The first-order valence-corrected chi connectivity index (χ1v) is 21.4. The molecule has 0 unspecified atom stereocenters. The summed E-state index contributed by atoms with van der Waals surface area (Å²) in [5, 5.41) is 4.91. The second kappa shape index (κ2) is 15.9. The molecule has 4 aliphatic heterocycles. The first kappa shape index (κ1) is 39.8. The van der Waals surface area contributed by atoms with E-state index in [0.29, 0.717) is 52.0 Å². The second-order valence-corrected chi connectivity index (χ2v) is 18.8. The molecule has 5 atom stereocenters. The van der Waals surface area contributed by atoms with Crippen LogP contribution in [0, 0.1) is 5.92 Å². The Morgan fingerprint density at radius 3 is 2.52 bits per heavy atom. The minimum Gasteiger partial charge on any atom is -0.444 e. The lowest BCUT2D eigenvalue weighted by molar-refractivity contribution is -0.141. The van der Waals surface area contributed by atoms with Gasteiger partial charge in [0.05, 0.1) is 31.6 Å². The van der Waals surface area contributed by atoms with E-state index in [1.165, 1.54) is 4.90 Å². The SMILES string of the molecule is CC(C)(C)OC(=O)N[C@H]1CCCCC/C=C\[C@@H]2C[C@@]2(C(=O)NS(=O)(=O)C2CC2)NC(=O)[C@@H]2C[C@@H](OC(=O)N3Cc4cccc(N5CCOCC5)c4C3)CN2C1=O. The van der Waals surface area contributed by atoms with Crippen molar-refractivity contribution in [2.75, 3.05) is 37.7 Å². The Balaban J connectivity index is 1.12. The number of nitrogens with zero attached hydrogens (tertiary/aromatic N) is 3. The van der Waals surface area contributed by atoms with Gasteiger partial charge in [0.25, 0.3) is 5.91 Å². The molecule has 17 heteroatoms. The smallest absolute Gasteiger partial charge is 0.410 e. The van der Waals surface area contributed by atoms with Crippen molar-refractivity contribution < 1.29 is 46.6 Å². The fraction of sp³-hybridized carbons (Fsp3) is 0.667. The van der Waals surface area contributed by atoms with Crippen LogP contribution in [-0.4, -0.2) is 116 Å².